The fourth-order valence-electron chi connectivity index (χ4n) is 2.20. The van der Waals surface area contributed by atoms with Crippen molar-refractivity contribution < 1.29 is 9.90 Å². The monoisotopic (exact) mass is 242 g/mol. The highest BCUT2D eigenvalue weighted by Crippen LogP contribution is 2.23. The van der Waals surface area contributed by atoms with Gasteiger partial charge in [-0.1, -0.05) is 12.8 Å². The number of aliphatic hydroxyl groups is 1. The maximum absolute atomic E-state index is 11.6. The zero-order valence-electron chi connectivity index (χ0n) is 11.0. The third-order valence-electron chi connectivity index (χ3n) is 3.43. The van der Waals surface area contributed by atoms with Gasteiger partial charge >= 0.3 is 0 Å². The van der Waals surface area contributed by atoms with E-state index in [2.05, 4.69) is 5.32 Å². The molecule has 0 aromatic heterocycles. The lowest BCUT2D eigenvalue weighted by atomic mass is 9.86. The molecule has 4 heteroatoms. The number of rotatable bonds is 5. The number of hydrogen-bond acceptors (Lipinski definition) is 3. The molecule has 0 aromatic carbocycles. The van der Waals surface area contributed by atoms with Gasteiger partial charge in [0.15, 0.2) is 0 Å². The second kappa shape index (κ2) is 6.36. The fourth-order valence-corrected chi connectivity index (χ4v) is 2.20. The van der Waals surface area contributed by atoms with Gasteiger partial charge in [-0.05, 0) is 33.1 Å². The molecule has 0 radical (unpaired) electrons. The van der Waals surface area contributed by atoms with Gasteiger partial charge in [-0.2, -0.15) is 0 Å². The Bertz CT molecular complexity index is 248. The molecule has 1 rings (SSSR count). The van der Waals surface area contributed by atoms with Crippen molar-refractivity contribution in [2.75, 3.05) is 6.54 Å². The molecule has 0 spiro atoms. The van der Waals surface area contributed by atoms with Gasteiger partial charge < -0.3 is 16.2 Å². The van der Waals surface area contributed by atoms with E-state index in [0.717, 1.165) is 25.7 Å². The number of carbonyl (C=O) groups is 1. The molecule has 17 heavy (non-hydrogen) atoms. The van der Waals surface area contributed by atoms with Crippen LogP contribution in [0.1, 0.15) is 52.4 Å². The van der Waals surface area contributed by atoms with Crippen LogP contribution in [0.2, 0.25) is 0 Å². The summed E-state index contributed by atoms with van der Waals surface area (Å²) in [4.78, 5) is 11.6. The topological polar surface area (TPSA) is 75.4 Å². The number of hydrogen-bond donors (Lipinski definition) is 3. The van der Waals surface area contributed by atoms with E-state index in [9.17, 15) is 9.90 Å². The largest absolute Gasteiger partial charge is 0.393 e. The highest BCUT2D eigenvalue weighted by atomic mass is 16.3. The quantitative estimate of drug-likeness (QED) is 0.677. The van der Waals surface area contributed by atoms with E-state index >= 15 is 0 Å². The van der Waals surface area contributed by atoms with Crippen molar-refractivity contribution in [3.63, 3.8) is 0 Å². The number of amides is 1. The van der Waals surface area contributed by atoms with Crippen LogP contribution in [0.3, 0.4) is 0 Å². The van der Waals surface area contributed by atoms with Crippen molar-refractivity contribution in [1.82, 2.24) is 5.32 Å². The molecule has 1 saturated carbocycles. The zero-order chi connectivity index (χ0) is 12.9. The molecule has 0 aliphatic heterocycles. The van der Waals surface area contributed by atoms with E-state index < -0.39 is 0 Å². The van der Waals surface area contributed by atoms with Crippen LogP contribution in [0.4, 0.5) is 0 Å². The SMILES string of the molecule is CC(C)(N)CCC(=O)NCC1CCCCC1O. The predicted octanol–water partition coefficient (Wildman–Crippen LogP) is 1.17. The van der Waals surface area contributed by atoms with Gasteiger partial charge in [0.1, 0.15) is 0 Å². The van der Waals surface area contributed by atoms with E-state index in [1.807, 2.05) is 13.8 Å². The van der Waals surface area contributed by atoms with Crippen molar-refractivity contribution in [3.8, 4) is 0 Å². The Kier molecular flexibility index (Phi) is 5.40. The highest BCUT2D eigenvalue weighted by molar-refractivity contribution is 5.75. The first-order valence-electron chi connectivity index (χ1n) is 6.62. The molecule has 1 aliphatic rings. The van der Waals surface area contributed by atoms with Gasteiger partial charge in [0.05, 0.1) is 6.10 Å². The van der Waals surface area contributed by atoms with Gasteiger partial charge in [-0.25, -0.2) is 0 Å². The molecule has 2 atom stereocenters. The van der Waals surface area contributed by atoms with Crippen LogP contribution in [-0.2, 0) is 4.79 Å². The third kappa shape index (κ3) is 6.03. The van der Waals surface area contributed by atoms with Crippen molar-refractivity contribution in [1.29, 1.82) is 0 Å². The second-order valence-electron chi connectivity index (χ2n) is 5.90. The zero-order valence-corrected chi connectivity index (χ0v) is 11.0. The minimum absolute atomic E-state index is 0.0429. The van der Waals surface area contributed by atoms with Gasteiger partial charge in [-0.3, -0.25) is 4.79 Å². The maximum atomic E-state index is 11.6. The summed E-state index contributed by atoms with van der Waals surface area (Å²) in [5, 5.41) is 12.7. The minimum atomic E-state index is -0.290. The molecule has 4 N–H and O–H groups in total. The first-order valence-corrected chi connectivity index (χ1v) is 6.62. The van der Waals surface area contributed by atoms with E-state index in [1.54, 1.807) is 0 Å². The van der Waals surface area contributed by atoms with Crippen molar-refractivity contribution in [2.45, 2.75) is 64.0 Å². The van der Waals surface area contributed by atoms with Crippen LogP contribution in [-0.4, -0.2) is 29.2 Å². The van der Waals surface area contributed by atoms with Crippen LogP contribution in [0.25, 0.3) is 0 Å². The molecule has 0 saturated heterocycles. The standard InChI is InChI=1S/C13H26N2O2/c1-13(2,14)8-7-12(17)15-9-10-5-3-4-6-11(10)16/h10-11,16H,3-9,14H2,1-2H3,(H,15,17). The summed E-state index contributed by atoms with van der Waals surface area (Å²) in [5.74, 6) is 0.278. The summed E-state index contributed by atoms with van der Waals surface area (Å²) in [6.07, 6.45) is 5.06. The predicted molar refractivity (Wildman–Crippen MR) is 68.5 cm³/mol. The lowest BCUT2D eigenvalue weighted by Crippen LogP contribution is -2.38. The molecule has 0 aromatic rings. The van der Waals surface area contributed by atoms with Gasteiger partial charge in [0.2, 0.25) is 5.91 Å². The Morgan fingerprint density at radius 3 is 2.65 bits per heavy atom. The summed E-state index contributed by atoms with van der Waals surface area (Å²) in [6.45, 7) is 4.45. The van der Waals surface area contributed by atoms with E-state index in [0.29, 0.717) is 19.4 Å². The normalized spacial score (nSPS) is 25.6. The average molecular weight is 242 g/mol. The molecule has 1 amide bonds. The molecule has 4 nitrogen and oxygen atoms in total. The average Bonchev–Trinajstić information content (AvgIpc) is 2.24. The molecule has 1 fully saturated rings. The molecule has 2 unspecified atom stereocenters. The molecule has 0 bridgehead atoms. The van der Waals surface area contributed by atoms with Crippen LogP contribution >= 0.6 is 0 Å². The summed E-state index contributed by atoms with van der Waals surface area (Å²) in [6, 6.07) is 0. The van der Waals surface area contributed by atoms with E-state index in [1.165, 1.54) is 0 Å². The van der Waals surface area contributed by atoms with Crippen LogP contribution < -0.4 is 11.1 Å². The van der Waals surface area contributed by atoms with Gasteiger partial charge in [-0.15, -0.1) is 0 Å². The highest BCUT2D eigenvalue weighted by Gasteiger charge is 2.23. The van der Waals surface area contributed by atoms with E-state index in [-0.39, 0.29) is 23.5 Å². The van der Waals surface area contributed by atoms with E-state index in [4.69, 9.17) is 5.73 Å². The Morgan fingerprint density at radius 1 is 1.41 bits per heavy atom. The molecular formula is C13H26N2O2. The van der Waals surface area contributed by atoms with Crippen molar-refractivity contribution in [2.24, 2.45) is 11.7 Å². The summed E-state index contributed by atoms with van der Waals surface area (Å²) in [5.41, 5.74) is 5.53. The Hall–Kier alpha value is -0.610. The smallest absolute Gasteiger partial charge is 0.220 e. The van der Waals surface area contributed by atoms with Crippen molar-refractivity contribution in [3.05, 3.63) is 0 Å². The Labute approximate surface area is 104 Å². The first kappa shape index (κ1) is 14.5. The minimum Gasteiger partial charge on any atom is -0.393 e. The van der Waals surface area contributed by atoms with Gasteiger partial charge in [0, 0.05) is 24.4 Å². The summed E-state index contributed by atoms with van der Waals surface area (Å²) in [7, 11) is 0. The van der Waals surface area contributed by atoms with Gasteiger partial charge in [0.25, 0.3) is 0 Å². The van der Waals surface area contributed by atoms with Crippen LogP contribution in [0.5, 0.6) is 0 Å². The Morgan fingerprint density at radius 2 is 2.06 bits per heavy atom. The van der Waals surface area contributed by atoms with Crippen LogP contribution in [0, 0.1) is 5.92 Å². The number of aliphatic hydroxyl groups excluding tert-OH is 1. The molecular weight excluding hydrogens is 216 g/mol. The molecule has 0 heterocycles. The maximum Gasteiger partial charge on any atom is 0.220 e. The molecule has 1 aliphatic carbocycles. The lowest BCUT2D eigenvalue weighted by Gasteiger charge is -2.27. The summed E-state index contributed by atoms with van der Waals surface area (Å²) < 4.78 is 0. The van der Waals surface area contributed by atoms with Crippen LogP contribution in [0.15, 0.2) is 0 Å². The number of nitrogens with two attached hydrogens (primary N) is 1. The summed E-state index contributed by atoms with van der Waals surface area (Å²) >= 11 is 0. The molecule has 100 valence electrons. The first-order chi connectivity index (χ1) is 7.88. The second-order valence-corrected chi connectivity index (χ2v) is 5.90. The third-order valence-corrected chi connectivity index (χ3v) is 3.43. The van der Waals surface area contributed by atoms with Crippen molar-refractivity contribution >= 4 is 5.91 Å². The lowest BCUT2D eigenvalue weighted by molar-refractivity contribution is -0.121. The number of nitrogens with one attached hydrogen (secondary N) is 1. The Balaban J connectivity index is 2.19. The number of carbonyl (C=O) groups excluding carboxylic acids is 1. The fraction of sp³-hybridized carbons (Fsp3) is 0.923.